The van der Waals surface area contributed by atoms with Crippen molar-refractivity contribution in [2.75, 3.05) is 18.5 Å². The molecule has 0 saturated carbocycles. The number of ether oxygens (including phenoxy) is 1. The molecule has 2 aromatic carbocycles. The van der Waals surface area contributed by atoms with Crippen LogP contribution >= 0.6 is 0 Å². The molecule has 2 aromatic rings. The molecule has 3 N–H and O–H groups in total. The van der Waals surface area contributed by atoms with Crippen molar-refractivity contribution in [2.45, 2.75) is 0 Å². The van der Waals surface area contributed by atoms with E-state index in [-0.39, 0.29) is 24.9 Å². The molecular weight excluding hydrogens is 276 g/mol. The fourth-order valence-electron chi connectivity index (χ4n) is 1.62. The van der Waals surface area contributed by atoms with E-state index in [1.807, 2.05) is 30.3 Å². The summed E-state index contributed by atoms with van der Waals surface area (Å²) in [4.78, 5) is 4.04. The molecule has 0 fully saturated rings. The van der Waals surface area contributed by atoms with Gasteiger partial charge >= 0.3 is 0 Å². The molecule has 0 aliphatic rings. The number of halogens is 2. The van der Waals surface area contributed by atoms with Crippen molar-refractivity contribution in [3.63, 3.8) is 0 Å². The van der Waals surface area contributed by atoms with E-state index in [0.717, 1.165) is 17.8 Å². The maximum absolute atomic E-state index is 13.3. The minimum Gasteiger partial charge on any atom is -0.489 e. The van der Waals surface area contributed by atoms with E-state index in [0.29, 0.717) is 0 Å². The van der Waals surface area contributed by atoms with Crippen molar-refractivity contribution in [1.82, 2.24) is 0 Å². The van der Waals surface area contributed by atoms with Crippen LogP contribution in [0.1, 0.15) is 0 Å². The third-order valence-electron chi connectivity index (χ3n) is 2.57. The highest BCUT2D eigenvalue weighted by molar-refractivity contribution is 5.92. The first-order valence-electron chi connectivity index (χ1n) is 6.35. The molecule has 0 saturated heterocycles. The van der Waals surface area contributed by atoms with Crippen molar-refractivity contribution in [1.29, 1.82) is 0 Å². The summed E-state index contributed by atoms with van der Waals surface area (Å²) in [7, 11) is 0. The molecule has 6 heteroatoms. The van der Waals surface area contributed by atoms with Crippen LogP contribution < -0.4 is 15.8 Å². The quantitative estimate of drug-likeness (QED) is 0.506. The number of anilines is 1. The van der Waals surface area contributed by atoms with E-state index < -0.39 is 11.6 Å². The second-order valence-corrected chi connectivity index (χ2v) is 4.18. The molecule has 0 aliphatic heterocycles. The van der Waals surface area contributed by atoms with E-state index in [1.165, 1.54) is 6.07 Å². The predicted octanol–water partition coefficient (Wildman–Crippen LogP) is 2.77. The first-order chi connectivity index (χ1) is 10.1. The van der Waals surface area contributed by atoms with Gasteiger partial charge in [0.05, 0.1) is 6.54 Å². The number of aliphatic imine (C=N–C) groups is 1. The first-order valence-corrected chi connectivity index (χ1v) is 6.35. The number of hydrogen-bond donors (Lipinski definition) is 2. The van der Waals surface area contributed by atoms with E-state index >= 15 is 0 Å². The minimum atomic E-state index is -0.741. The first kappa shape index (κ1) is 14.8. The number of para-hydroxylation sites is 1. The lowest BCUT2D eigenvalue weighted by atomic mass is 10.3. The molecule has 0 radical (unpaired) electrons. The van der Waals surface area contributed by atoms with Crippen LogP contribution in [0.15, 0.2) is 53.5 Å². The summed E-state index contributed by atoms with van der Waals surface area (Å²) < 4.78 is 31.2. The van der Waals surface area contributed by atoms with Gasteiger partial charge in [0.15, 0.2) is 17.5 Å². The van der Waals surface area contributed by atoms with Crippen LogP contribution in [0.4, 0.5) is 14.5 Å². The van der Waals surface area contributed by atoms with Crippen LogP contribution in [-0.2, 0) is 0 Å². The summed E-state index contributed by atoms with van der Waals surface area (Å²) in [5.74, 6) is -1.16. The zero-order chi connectivity index (χ0) is 15.1. The highest BCUT2D eigenvalue weighted by Crippen LogP contribution is 2.17. The zero-order valence-corrected chi connectivity index (χ0v) is 11.2. The fourth-order valence-corrected chi connectivity index (χ4v) is 1.62. The van der Waals surface area contributed by atoms with E-state index in [1.54, 1.807) is 0 Å². The Morgan fingerprint density at radius 3 is 2.62 bits per heavy atom. The summed E-state index contributed by atoms with van der Waals surface area (Å²) in [6.07, 6.45) is 0. The van der Waals surface area contributed by atoms with Crippen LogP contribution in [0, 0.1) is 11.6 Å². The van der Waals surface area contributed by atoms with Crippen molar-refractivity contribution < 1.29 is 13.5 Å². The largest absolute Gasteiger partial charge is 0.489 e. The molecule has 0 bridgehead atoms. The van der Waals surface area contributed by atoms with Crippen LogP contribution in [0.3, 0.4) is 0 Å². The monoisotopic (exact) mass is 291 g/mol. The molecule has 0 heterocycles. The van der Waals surface area contributed by atoms with Gasteiger partial charge in [0.25, 0.3) is 0 Å². The lowest BCUT2D eigenvalue weighted by Gasteiger charge is -2.07. The fraction of sp³-hybridized carbons (Fsp3) is 0.133. The Morgan fingerprint density at radius 1 is 1.14 bits per heavy atom. The standard InChI is InChI=1S/C15H15F2N3O/c16-11-6-7-14(13(17)10-11)21-9-8-19-15(18)20-12-4-2-1-3-5-12/h1-7,10H,8-9H2,(H3,18,19,20). The predicted molar refractivity (Wildman–Crippen MR) is 78.4 cm³/mol. The molecule has 4 nitrogen and oxygen atoms in total. The van der Waals surface area contributed by atoms with E-state index in [4.69, 9.17) is 10.5 Å². The molecule has 0 aliphatic carbocycles. The maximum atomic E-state index is 13.3. The highest BCUT2D eigenvalue weighted by atomic mass is 19.1. The Bertz CT molecular complexity index is 618. The topological polar surface area (TPSA) is 59.6 Å². The van der Waals surface area contributed by atoms with Gasteiger partial charge in [-0.25, -0.2) is 13.8 Å². The van der Waals surface area contributed by atoms with Gasteiger partial charge in [-0.1, -0.05) is 18.2 Å². The Kier molecular flexibility index (Phi) is 5.09. The summed E-state index contributed by atoms with van der Waals surface area (Å²) in [5, 5.41) is 2.91. The van der Waals surface area contributed by atoms with Crippen molar-refractivity contribution >= 4 is 11.6 Å². The third-order valence-corrected chi connectivity index (χ3v) is 2.57. The maximum Gasteiger partial charge on any atom is 0.193 e. The lowest BCUT2D eigenvalue weighted by molar-refractivity contribution is 0.310. The number of hydrogen-bond acceptors (Lipinski definition) is 2. The van der Waals surface area contributed by atoms with Crippen LogP contribution in [0.25, 0.3) is 0 Å². The average Bonchev–Trinajstić information content (AvgIpc) is 2.46. The third kappa shape index (κ3) is 4.76. The SMILES string of the molecule is NC(=NCCOc1ccc(F)cc1F)Nc1ccccc1. The molecular formula is C15H15F2N3O. The number of nitrogens with one attached hydrogen (secondary N) is 1. The molecule has 0 atom stereocenters. The zero-order valence-electron chi connectivity index (χ0n) is 11.2. The normalized spacial score (nSPS) is 11.2. The number of nitrogens with two attached hydrogens (primary N) is 1. The van der Waals surface area contributed by atoms with Gasteiger partial charge in [0, 0.05) is 11.8 Å². The van der Waals surface area contributed by atoms with Gasteiger partial charge < -0.3 is 15.8 Å². The summed E-state index contributed by atoms with van der Waals surface area (Å²) in [6.45, 7) is 0.391. The Balaban J connectivity index is 1.79. The van der Waals surface area contributed by atoms with Crippen molar-refractivity contribution in [2.24, 2.45) is 10.7 Å². The number of rotatable bonds is 5. The minimum absolute atomic E-state index is 0.0128. The molecule has 0 amide bonds. The number of guanidine groups is 1. The van der Waals surface area contributed by atoms with Gasteiger partial charge in [0.2, 0.25) is 0 Å². The number of nitrogens with zero attached hydrogens (tertiary/aromatic N) is 1. The average molecular weight is 291 g/mol. The summed E-state index contributed by atoms with van der Waals surface area (Å²) in [6, 6.07) is 12.5. The van der Waals surface area contributed by atoms with Crippen molar-refractivity contribution in [3.8, 4) is 5.75 Å². The van der Waals surface area contributed by atoms with E-state index in [9.17, 15) is 8.78 Å². The lowest BCUT2D eigenvalue weighted by Crippen LogP contribution is -2.23. The molecule has 0 spiro atoms. The van der Waals surface area contributed by atoms with Crippen molar-refractivity contribution in [3.05, 3.63) is 60.2 Å². The molecule has 0 unspecified atom stereocenters. The molecule has 0 aromatic heterocycles. The van der Waals surface area contributed by atoms with E-state index in [2.05, 4.69) is 10.3 Å². The van der Waals surface area contributed by atoms with Gasteiger partial charge in [-0.3, -0.25) is 0 Å². The smallest absolute Gasteiger partial charge is 0.193 e. The van der Waals surface area contributed by atoms with Gasteiger partial charge in [-0.2, -0.15) is 0 Å². The summed E-state index contributed by atoms with van der Waals surface area (Å²) in [5.41, 5.74) is 6.52. The molecule has 2 rings (SSSR count). The second kappa shape index (κ2) is 7.23. The van der Waals surface area contributed by atoms with Crippen LogP contribution in [-0.4, -0.2) is 19.1 Å². The van der Waals surface area contributed by atoms with Crippen LogP contribution in [0.2, 0.25) is 0 Å². The second-order valence-electron chi connectivity index (χ2n) is 4.18. The molecule has 21 heavy (non-hydrogen) atoms. The van der Waals surface area contributed by atoms with Gasteiger partial charge in [-0.15, -0.1) is 0 Å². The molecule has 110 valence electrons. The Morgan fingerprint density at radius 2 is 1.90 bits per heavy atom. The van der Waals surface area contributed by atoms with Gasteiger partial charge in [-0.05, 0) is 24.3 Å². The highest BCUT2D eigenvalue weighted by Gasteiger charge is 2.04. The van der Waals surface area contributed by atoms with Gasteiger partial charge in [0.1, 0.15) is 12.4 Å². The Hall–Kier alpha value is -2.63. The summed E-state index contributed by atoms with van der Waals surface area (Å²) >= 11 is 0. The number of benzene rings is 2. The van der Waals surface area contributed by atoms with Crippen LogP contribution in [0.5, 0.6) is 5.75 Å². The Labute approximate surface area is 121 Å².